The van der Waals surface area contributed by atoms with Crippen LogP contribution in [0, 0.1) is 19.8 Å². The Morgan fingerprint density at radius 1 is 1.08 bits per heavy atom. The number of rotatable bonds is 7. The molecule has 0 radical (unpaired) electrons. The molecule has 1 fully saturated rings. The van der Waals surface area contributed by atoms with E-state index in [0.717, 1.165) is 44.9 Å². The van der Waals surface area contributed by atoms with E-state index < -0.39 is 12.1 Å². The SMILES string of the molecule is Cc1noc(C)c1NC(=O)N(C)C[C@@H]1OCCCC[C@H](C)Oc2ccc(NC(=O)NC3CCCCC3)cc2C(=O)N([C@H](C)CO)C[C@H]1C. The molecule has 13 heteroatoms. The van der Waals surface area contributed by atoms with Crippen molar-refractivity contribution in [2.75, 3.05) is 44.0 Å². The number of benzene rings is 1. The lowest BCUT2D eigenvalue weighted by molar-refractivity contribution is -0.0115. The van der Waals surface area contributed by atoms with Crippen molar-refractivity contribution in [2.45, 2.75) is 110 Å². The summed E-state index contributed by atoms with van der Waals surface area (Å²) in [6, 6.07) is 4.11. The fraction of sp³-hybridized carbons (Fsp3) is 0.657. The summed E-state index contributed by atoms with van der Waals surface area (Å²) in [5, 5.41) is 23.0. The van der Waals surface area contributed by atoms with Crippen LogP contribution in [0.3, 0.4) is 0 Å². The fourth-order valence-corrected chi connectivity index (χ4v) is 6.28. The predicted molar refractivity (Wildman–Crippen MR) is 184 cm³/mol. The molecule has 1 aliphatic heterocycles. The largest absolute Gasteiger partial charge is 0.490 e. The number of hydrogen-bond acceptors (Lipinski definition) is 8. The van der Waals surface area contributed by atoms with E-state index in [-0.39, 0.29) is 55.7 Å². The van der Waals surface area contributed by atoms with E-state index in [1.165, 1.54) is 6.42 Å². The molecule has 4 atom stereocenters. The Bertz CT molecular complexity index is 1360. The van der Waals surface area contributed by atoms with Gasteiger partial charge in [-0.1, -0.05) is 31.3 Å². The lowest BCUT2D eigenvalue weighted by atomic mass is 9.96. The number of ether oxygens (including phenoxy) is 2. The molecule has 5 amide bonds. The van der Waals surface area contributed by atoms with E-state index in [4.69, 9.17) is 14.0 Å². The van der Waals surface area contributed by atoms with Gasteiger partial charge in [0.25, 0.3) is 5.91 Å². The molecule has 0 spiro atoms. The average molecular weight is 671 g/mol. The number of hydrogen-bond donors (Lipinski definition) is 4. The highest BCUT2D eigenvalue weighted by atomic mass is 16.5. The van der Waals surface area contributed by atoms with Crippen molar-refractivity contribution in [1.29, 1.82) is 0 Å². The summed E-state index contributed by atoms with van der Waals surface area (Å²) in [4.78, 5) is 43.6. The first-order chi connectivity index (χ1) is 23.0. The molecule has 266 valence electrons. The Morgan fingerprint density at radius 2 is 1.81 bits per heavy atom. The van der Waals surface area contributed by atoms with Crippen molar-refractivity contribution in [3.8, 4) is 5.75 Å². The predicted octanol–water partition coefficient (Wildman–Crippen LogP) is 5.71. The summed E-state index contributed by atoms with van der Waals surface area (Å²) in [6.45, 7) is 9.99. The van der Waals surface area contributed by atoms with Crippen LogP contribution >= 0.6 is 0 Å². The number of nitrogens with zero attached hydrogens (tertiary/aromatic N) is 3. The maximum atomic E-state index is 14.4. The van der Waals surface area contributed by atoms with Crippen LogP contribution in [-0.2, 0) is 4.74 Å². The molecule has 2 aliphatic rings. The van der Waals surface area contributed by atoms with Crippen molar-refractivity contribution in [3.63, 3.8) is 0 Å². The molecule has 1 aliphatic carbocycles. The maximum Gasteiger partial charge on any atom is 0.321 e. The van der Waals surface area contributed by atoms with Crippen LogP contribution in [-0.4, -0.2) is 95.7 Å². The van der Waals surface area contributed by atoms with Crippen molar-refractivity contribution in [1.82, 2.24) is 20.3 Å². The summed E-state index contributed by atoms with van der Waals surface area (Å²) >= 11 is 0. The first kappa shape index (κ1) is 37.0. The first-order valence-corrected chi connectivity index (χ1v) is 17.3. The third-order valence-electron chi connectivity index (χ3n) is 9.32. The molecule has 48 heavy (non-hydrogen) atoms. The zero-order chi connectivity index (χ0) is 34.8. The van der Waals surface area contributed by atoms with Gasteiger partial charge in [0.05, 0.1) is 30.4 Å². The number of aliphatic hydroxyl groups is 1. The van der Waals surface area contributed by atoms with E-state index >= 15 is 0 Å². The van der Waals surface area contributed by atoms with Gasteiger partial charge in [-0.15, -0.1) is 0 Å². The van der Waals surface area contributed by atoms with Crippen LogP contribution in [0.1, 0.15) is 93.9 Å². The van der Waals surface area contributed by atoms with Crippen molar-refractivity contribution < 1.29 is 33.5 Å². The van der Waals surface area contributed by atoms with Gasteiger partial charge in [-0.3, -0.25) is 4.79 Å². The normalized spacial score (nSPS) is 22.1. The molecule has 0 unspecified atom stereocenters. The standard InChI is InChI=1S/C35H54N6O7/c1-22-19-41(23(2)21-42)33(43)29-18-28(37-34(44)36-27-13-8-7-9-14-27)15-16-30(29)47-24(3)12-10-11-17-46-31(22)20-40(6)35(45)38-32-25(4)39-48-26(32)5/h15-16,18,22-24,27,31,42H,7-14,17,19-21H2,1-6H3,(H,38,45)(H2,36,37,44)/t22-,23-,24+,31+/m1/s1. The van der Waals surface area contributed by atoms with Gasteiger partial charge in [0, 0.05) is 44.4 Å². The Labute approximate surface area is 284 Å². The number of amides is 5. The van der Waals surface area contributed by atoms with Gasteiger partial charge in [0.15, 0.2) is 5.76 Å². The Morgan fingerprint density at radius 3 is 2.50 bits per heavy atom. The molecule has 1 aromatic heterocycles. The number of carbonyl (C=O) groups is 3. The number of nitrogens with one attached hydrogen (secondary N) is 3. The Balaban J connectivity index is 1.56. The van der Waals surface area contributed by atoms with Crippen LogP contribution in [0.25, 0.3) is 0 Å². The van der Waals surface area contributed by atoms with E-state index in [1.807, 2.05) is 13.8 Å². The maximum absolute atomic E-state index is 14.4. The van der Waals surface area contributed by atoms with Crippen LogP contribution in [0.4, 0.5) is 21.0 Å². The first-order valence-electron chi connectivity index (χ1n) is 17.3. The molecule has 1 aromatic carbocycles. The second-order valence-electron chi connectivity index (χ2n) is 13.5. The number of urea groups is 2. The van der Waals surface area contributed by atoms with Gasteiger partial charge in [0.2, 0.25) is 0 Å². The smallest absolute Gasteiger partial charge is 0.321 e. The molecular weight excluding hydrogens is 616 g/mol. The van der Waals surface area contributed by atoms with Gasteiger partial charge in [0.1, 0.15) is 17.1 Å². The van der Waals surface area contributed by atoms with E-state index in [1.54, 1.807) is 55.8 Å². The Hall–Kier alpha value is -3.84. The molecule has 2 heterocycles. The zero-order valence-electron chi connectivity index (χ0n) is 29.3. The van der Waals surface area contributed by atoms with Crippen molar-refractivity contribution in [2.24, 2.45) is 5.92 Å². The number of carbonyl (C=O) groups excluding carboxylic acids is 3. The third kappa shape index (κ3) is 10.1. The zero-order valence-corrected chi connectivity index (χ0v) is 29.3. The summed E-state index contributed by atoms with van der Waals surface area (Å²) < 4.78 is 17.9. The second kappa shape index (κ2) is 17.5. The quantitative estimate of drug-likeness (QED) is 0.292. The van der Waals surface area contributed by atoms with Gasteiger partial charge >= 0.3 is 12.1 Å². The molecule has 4 rings (SSSR count). The van der Waals surface area contributed by atoms with E-state index in [2.05, 4.69) is 21.1 Å². The van der Waals surface area contributed by atoms with Crippen LogP contribution in [0.15, 0.2) is 22.7 Å². The van der Waals surface area contributed by atoms with E-state index in [9.17, 15) is 19.5 Å². The highest BCUT2D eigenvalue weighted by molar-refractivity contribution is 5.99. The topological polar surface area (TPSA) is 158 Å². The van der Waals surface area contributed by atoms with Crippen LogP contribution in [0.2, 0.25) is 0 Å². The fourth-order valence-electron chi connectivity index (χ4n) is 6.28. The lowest BCUT2D eigenvalue weighted by Crippen LogP contribution is -2.48. The minimum absolute atomic E-state index is 0.139. The summed E-state index contributed by atoms with van der Waals surface area (Å²) in [5.74, 6) is 0.396. The highest BCUT2D eigenvalue weighted by Gasteiger charge is 2.31. The highest BCUT2D eigenvalue weighted by Crippen LogP contribution is 2.29. The molecule has 0 saturated heterocycles. The van der Waals surface area contributed by atoms with Crippen LogP contribution < -0.4 is 20.7 Å². The van der Waals surface area contributed by atoms with Crippen molar-refractivity contribution in [3.05, 3.63) is 35.2 Å². The monoisotopic (exact) mass is 670 g/mol. The summed E-state index contributed by atoms with van der Waals surface area (Å²) in [6.07, 6.45) is 7.12. The average Bonchev–Trinajstić information content (AvgIpc) is 3.38. The molecule has 13 nitrogen and oxygen atoms in total. The second-order valence-corrected chi connectivity index (χ2v) is 13.5. The van der Waals surface area contributed by atoms with Crippen molar-refractivity contribution >= 4 is 29.3 Å². The van der Waals surface area contributed by atoms with Gasteiger partial charge in [-0.05, 0) is 78.0 Å². The molecule has 1 saturated carbocycles. The number of aromatic nitrogens is 1. The number of anilines is 2. The number of aryl methyl sites for hydroxylation is 2. The van der Waals surface area contributed by atoms with Gasteiger partial charge in [-0.2, -0.15) is 0 Å². The van der Waals surface area contributed by atoms with Gasteiger partial charge in [-0.25, -0.2) is 9.59 Å². The lowest BCUT2D eigenvalue weighted by Gasteiger charge is -2.35. The number of aliphatic hydroxyl groups excluding tert-OH is 1. The Kier molecular flexibility index (Phi) is 13.5. The number of fused-ring (bicyclic) bond motifs is 1. The minimum atomic E-state index is -0.523. The van der Waals surface area contributed by atoms with E-state index in [0.29, 0.717) is 40.7 Å². The summed E-state index contributed by atoms with van der Waals surface area (Å²) in [5.41, 5.74) is 1.90. The minimum Gasteiger partial charge on any atom is -0.490 e. The van der Waals surface area contributed by atoms with Gasteiger partial charge < -0.3 is 44.9 Å². The molecular formula is C35H54N6O7. The molecule has 2 aromatic rings. The summed E-state index contributed by atoms with van der Waals surface area (Å²) in [7, 11) is 1.70. The number of likely N-dealkylation sites (N-methyl/N-ethyl adjacent to an activating group) is 1. The molecule has 4 N–H and O–H groups in total. The molecule has 0 bridgehead atoms. The van der Waals surface area contributed by atoms with Crippen LogP contribution in [0.5, 0.6) is 5.75 Å². The third-order valence-corrected chi connectivity index (χ3v) is 9.32.